The zero-order chi connectivity index (χ0) is 18.9. The molecule has 2 aliphatic rings. The minimum absolute atomic E-state index is 0.0558. The summed E-state index contributed by atoms with van der Waals surface area (Å²) in [6.45, 7) is 6.17. The smallest absolute Gasteiger partial charge is 0.222 e. The molecule has 3 rings (SSSR count). The molecule has 0 bridgehead atoms. The number of amides is 1. The van der Waals surface area contributed by atoms with Crippen molar-refractivity contribution in [1.82, 2.24) is 4.90 Å². The van der Waals surface area contributed by atoms with Gasteiger partial charge in [-0.1, -0.05) is 19.9 Å². The third kappa shape index (κ3) is 3.41. The second-order valence-electron chi connectivity index (χ2n) is 8.73. The molecule has 1 aliphatic heterocycles. The molecule has 2 atom stereocenters. The first kappa shape index (κ1) is 19.0. The van der Waals surface area contributed by atoms with Gasteiger partial charge in [0.2, 0.25) is 5.91 Å². The standard InChI is InChI=1S/C21H31NO4/c1-20(2)12-21(14-23)13-22(11-18(20)21)19(25)7-5-4-6-15-8-9-17(26-3)16(24)10-15/h8-10,18,23-24H,4-7,11-14H2,1-3H3/t18-,21-/m1/s1. The highest BCUT2D eigenvalue weighted by molar-refractivity contribution is 5.76. The molecule has 1 heterocycles. The zero-order valence-electron chi connectivity index (χ0n) is 16.1. The normalized spacial score (nSPS) is 26.3. The number of carbonyl (C=O) groups is 1. The predicted octanol–water partition coefficient (Wildman–Crippen LogP) is 2.98. The topological polar surface area (TPSA) is 70.0 Å². The van der Waals surface area contributed by atoms with Gasteiger partial charge in [0.15, 0.2) is 11.5 Å². The number of unbranched alkanes of at least 4 members (excludes halogenated alkanes) is 1. The molecule has 1 saturated heterocycles. The lowest BCUT2D eigenvalue weighted by Crippen LogP contribution is -2.54. The van der Waals surface area contributed by atoms with Crippen LogP contribution in [0.4, 0.5) is 0 Å². The summed E-state index contributed by atoms with van der Waals surface area (Å²) in [5.41, 5.74) is 1.23. The van der Waals surface area contributed by atoms with Crippen molar-refractivity contribution < 1.29 is 19.7 Å². The first-order chi connectivity index (χ1) is 12.3. The van der Waals surface area contributed by atoms with Crippen LogP contribution in [0.1, 0.15) is 45.1 Å². The number of phenols is 1. The van der Waals surface area contributed by atoms with Gasteiger partial charge in [0.25, 0.3) is 0 Å². The minimum atomic E-state index is -0.0558. The van der Waals surface area contributed by atoms with Gasteiger partial charge in [0.05, 0.1) is 13.7 Å². The van der Waals surface area contributed by atoms with Crippen LogP contribution in [0.3, 0.4) is 0 Å². The Hall–Kier alpha value is -1.75. The van der Waals surface area contributed by atoms with Gasteiger partial charge < -0.3 is 19.8 Å². The summed E-state index contributed by atoms with van der Waals surface area (Å²) in [6, 6.07) is 5.45. The van der Waals surface area contributed by atoms with Crippen molar-refractivity contribution in [2.24, 2.45) is 16.7 Å². The number of hydrogen-bond donors (Lipinski definition) is 2. The Bertz CT molecular complexity index is 672. The minimum Gasteiger partial charge on any atom is -0.504 e. The van der Waals surface area contributed by atoms with Gasteiger partial charge in [0.1, 0.15) is 0 Å². The molecule has 0 unspecified atom stereocenters. The summed E-state index contributed by atoms with van der Waals surface area (Å²) >= 11 is 0. The SMILES string of the molecule is COc1ccc(CCCCC(=O)N2C[C@@H]3C(C)(C)C[C@]3(CO)C2)cc1O. The third-order valence-corrected chi connectivity index (χ3v) is 6.42. The molecular weight excluding hydrogens is 330 g/mol. The first-order valence-corrected chi connectivity index (χ1v) is 9.56. The predicted molar refractivity (Wildman–Crippen MR) is 100 cm³/mol. The number of likely N-dealkylation sites (tertiary alicyclic amines) is 1. The van der Waals surface area contributed by atoms with Crippen LogP contribution in [0, 0.1) is 16.7 Å². The van der Waals surface area contributed by atoms with Gasteiger partial charge in [0, 0.05) is 24.9 Å². The van der Waals surface area contributed by atoms with Gasteiger partial charge in [-0.15, -0.1) is 0 Å². The summed E-state index contributed by atoms with van der Waals surface area (Å²) in [5.74, 6) is 1.27. The number of rotatable bonds is 7. The molecule has 0 radical (unpaired) electrons. The van der Waals surface area contributed by atoms with Crippen LogP contribution in [0.25, 0.3) is 0 Å². The molecule has 0 spiro atoms. The Balaban J connectivity index is 1.44. The van der Waals surface area contributed by atoms with Crippen LogP contribution in [-0.4, -0.2) is 47.8 Å². The summed E-state index contributed by atoms with van der Waals surface area (Å²) in [5, 5.41) is 19.6. The highest BCUT2D eigenvalue weighted by Gasteiger charge is 2.62. The van der Waals surface area contributed by atoms with Crippen molar-refractivity contribution in [1.29, 1.82) is 0 Å². The van der Waals surface area contributed by atoms with E-state index in [0.29, 0.717) is 24.6 Å². The highest BCUT2D eigenvalue weighted by Crippen LogP contribution is 2.62. The summed E-state index contributed by atoms with van der Waals surface area (Å²) < 4.78 is 5.05. The van der Waals surface area contributed by atoms with Crippen molar-refractivity contribution in [3.63, 3.8) is 0 Å². The average Bonchev–Trinajstić information content (AvgIpc) is 2.94. The van der Waals surface area contributed by atoms with Crippen LogP contribution in [0.15, 0.2) is 18.2 Å². The van der Waals surface area contributed by atoms with E-state index in [1.807, 2.05) is 11.0 Å². The van der Waals surface area contributed by atoms with Crippen LogP contribution in [-0.2, 0) is 11.2 Å². The lowest BCUT2D eigenvalue weighted by Gasteiger charge is -2.55. The van der Waals surface area contributed by atoms with Crippen LogP contribution >= 0.6 is 0 Å². The molecule has 1 aromatic carbocycles. The van der Waals surface area contributed by atoms with Crippen LogP contribution in [0.2, 0.25) is 0 Å². The van der Waals surface area contributed by atoms with E-state index in [1.54, 1.807) is 12.1 Å². The monoisotopic (exact) mass is 361 g/mol. The summed E-state index contributed by atoms with van der Waals surface area (Å²) in [4.78, 5) is 14.5. The molecule has 26 heavy (non-hydrogen) atoms. The quantitative estimate of drug-likeness (QED) is 0.733. The Morgan fingerprint density at radius 1 is 1.35 bits per heavy atom. The zero-order valence-corrected chi connectivity index (χ0v) is 16.1. The highest BCUT2D eigenvalue weighted by atomic mass is 16.5. The van der Waals surface area contributed by atoms with E-state index >= 15 is 0 Å². The Morgan fingerprint density at radius 3 is 2.69 bits per heavy atom. The number of nitrogens with zero attached hydrogens (tertiary/aromatic N) is 1. The fourth-order valence-corrected chi connectivity index (χ4v) is 5.18. The Morgan fingerprint density at radius 2 is 2.12 bits per heavy atom. The maximum atomic E-state index is 12.6. The lowest BCUT2D eigenvalue weighted by atomic mass is 9.48. The molecule has 1 aromatic rings. The van der Waals surface area contributed by atoms with Gasteiger partial charge in [-0.05, 0) is 54.7 Å². The number of aryl methyl sites for hydroxylation is 1. The molecule has 5 heteroatoms. The second-order valence-corrected chi connectivity index (χ2v) is 8.73. The van der Waals surface area contributed by atoms with Gasteiger partial charge in [-0.25, -0.2) is 0 Å². The van der Waals surface area contributed by atoms with Gasteiger partial charge in [-0.3, -0.25) is 4.79 Å². The number of benzene rings is 1. The molecule has 5 nitrogen and oxygen atoms in total. The van der Waals surface area contributed by atoms with Crippen molar-refractivity contribution in [3.05, 3.63) is 23.8 Å². The molecule has 2 N–H and O–H groups in total. The fourth-order valence-electron chi connectivity index (χ4n) is 5.18. The fraction of sp³-hybridized carbons (Fsp3) is 0.667. The van der Waals surface area contributed by atoms with Crippen molar-refractivity contribution >= 4 is 5.91 Å². The lowest BCUT2D eigenvalue weighted by molar-refractivity contribution is -0.130. The second kappa shape index (κ2) is 7.10. The molecule has 144 valence electrons. The largest absolute Gasteiger partial charge is 0.504 e. The van der Waals surface area contributed by atoms with Crippen LogP contribution in [0.5, 0.6) is 11.5 Å². The van der Waals surface area contributed by atoms with E-state index in [-0.39, 0.29) is 29.1 Å². The van der Waals surface area contributed by atoms with E-state index in [2.05, 4.69) is 13.8 Å². The molecular formula is C21H31NO4. The molecule has 1 amide bonds. The summed E-state index contributed by atoms with van der Waals surface area (Å²) in [6.07, 6.45) is 4.14. The van der Waals surface area contributed by atoms with E-state index in [4.69, 9.17) is 4.74 Å². The number of methoxy groups -OCH3 is 1. The number of phenolic OH excluding ortho intramolecular Hbond substituents is 1. The van der Waals surface area contributed by atoms with E-state index in [0.717, 1.165) is 37.8 Å². The van der Waals surface area contributed by atoms with Crippen LogP contribution < -0.4 is 4.74 Å². The molecule has 1 aliphatic carbocycles. The first-order valence-electron chi connectivity index (χ1n) is 9.56. The van der Waals surface area contributed by atoms with Gasteiger partial charge in [-0.2, -0.15) is 0 Å². The van der Waals surface area contributed by atoms with E-state index < -0.39 is 0 Å². The third-order valence-electron chi connectivity index (χ3n) is 6.42. The van der Waals surface area contributed by atoms with Crippen molar-refractivity contribution in [2.45, 2.75) is 46.0 Å². The van der Waals surface area contributed by atoms with Gasteiger partial charge >= 0.3 is 0 Å². The van der Waals surface area contributed by atoms with E-state index in [1.165, 1.54) is 7.11 Å². The van der Waals surface area contributed by atoms with Crippen molar-refractivity contribution in [3.8, 4) is 11.5 Å². The number of fused-ring (bicyclic) bond motifs is 1. The number of ether oxygens (including phenoxy) is 1. The Labute approximate surface area is 156 Å². The maximum absolute atomic E-state index is 12.6. The Kier molecular flexibility index (Phi) is 5.20. The number of carbonyl (C=O) groups excluding carboxylic acids is 1. The molecule has 0 aromatic heterocycles. The van der Waals surface area contributed by atoms with E-state index in [9.17, 15) is 15.0 Å². The number of aromatic hydroxyl groups is 1. The number of aliphatic hydroxyl groups excluding tert-OH is 1. The summed E-state index contributed by atoms with van der Waals surface area (Å²) in [7, 11) is 1.53. The average molecular weight is 361 g/mol. The number of aliphatic hydroxyl groups is 1. The maximum Gasteiger partial charge on any atom is 0.222 e. The molecule has 2 fully saturated rings. The van der Waals surface area contributed by atoms with Crippen molar-refractivity contribution in [2.75, 3.05) is 26.8 Å². The number of hydrogen-bond acceptors (Lipinski definition) is 4. The molecule has 1 saturated carbocycles.